The zero-order valence-corrected chi connectivity index (χ0v) is 12.3. The summed E-state index contributed by atoms with van der Waals surface area (Å²) in [6, 6.07) is 5.83. The molecule has 1 fully saturated rings. The van der Waals surface area contributed by atoms with Gasteiger partial charge < -0.3 is 0 Å². The molecule has 96 valence electrons. The van der Waals surface area contributed by atoms with E-state index in [9.17, 15) is 9.59 Å². The Bertz CT molecular complexity index is 493. The Kier molecular flexibility index (Phi) is 3.57. The van der Waals surface area contributed by atoms with Crippen molar-refractivity contribution in [2.75, 3.05) is 0 Å². The highest BCUT2D eigenvalue weighted by atomic mass is 79.9. The van der Waals surface area contributed by atoms with Crippen molar-refractivity contribution in [1.29, 1.82) is 0 Å². The van der Waals surface area contributed by atoms with Crippen LogP contribution in [-0.4, -0.2) is 16.7 Å². The van der Waals surface area contributed by atoms with Gasteiger partial charge in [0, 0.05) is 16.3 Å². The molecule has 0 aliphatic carbocycles. The molecule has 0 radical (unpaired) electrons. The lowest BCUT2D eigenvalue weighted by molar-refractivity contribution is -0.140. The second-order valence-corrected chi connectivity index (χ2v) is 5.72. The molecule has 2 rings (SSSR count). The molecule has 3 nitrogen and oxygen atoms in total. The minimum atomic E-state index is -0.204. The van der Waals surface area contributed by atoms with E-state index in [1.54, 1.807) is 0 Å². The second kappa shape index (κ2) is 4.84. The standard InChI is InChI=1S/C14H16BrNO2/c1-8-9(2)14(18)16(13(8)17)7-11-5-4-6-12(15)10(11)3/h4-6,8-9H,7H2,1-3H3/t8-,9+. The summed E-state index contributed by atoms with van der Waals surface area (Å²) in [6.07, 6.45) is 0. The number of rotatable bonds is 2. The van der Waals surface area contributed by atoms with E-state index < -0.39 is 0 Å². The minimum absolute atomic E-state index is 0.0631. The van der Waals surface area contributed by atoms with Gasteiger partial charge in [-0.15, -0.1) is 0 Å². The molecule has 1 heterocycles. The lowest BCUT2D eigenvalue weighted by Gasteiger charge is -2.16. The van der Waals surface area contributed by atoms with Gasteiger partial charge in [-0.3, -0.25) is 14.5 Å². The average Bonchev–Trinajstić information content (AvgIpc) is 2.52. The zero-order valence-electron chi connectivity index (χ0n) is 10.7. The van der Waals surface area contributed by atoms with Gasteiger partial charge in [-0.2, -0.15) is 0 Å². The molecule has 2 amide bonds. The quantitative estimate of drug-likeness (QED) is 0.788. The fraction of sp³-hybridized carbons (Fsp3) is 0.429. The van der Waals surface area contributed by atoms with E-state index in [1.165, 1.54) is 4.90 Å². The van der Waals surface area contributed by atoms with E-state index in [2.05, 4.69) is 15.9 Å². The van der Waals surface area contributed by atoms with Crippen molar-refractivity contribution in [3.63, 3.8) is 0 Å². The van der Waals surface area contributed by atoms with Crippen molar-refractivity contribution in [3.8, 4) is 0 Å². The number of carbonyl (C=O) groups is 2. The predicted octanol–water partition coefficient (Wildman–Crippen LogP) is 2.90. The first-order valence-corrected chi connectivity index (χ1v) is 6.82. The lowest BCUT2D eigenvalue weighted by Crippen LogP contribution is -2.30. The highest BCUT2D eigenvalue weighted by Gasteiger charge is 2.42. The van der Waals surface area contributed by atoms with Gasteiger partial charge >= 0.3 is 0 Å². The monoisotopic (exact) mass is 309 g/mol. The number of halogens is 1. The fourth-order valence-corrected chi connectivity index (χ4v) is 2.58. The van der Waals surface area contributed by atoms with E-state index in [1.807, 2.05) is 39.0 Å². The van der Waals surface area contributed by atoms with Crippen molar-refractivity contribution in [2.24, 2.45) is 11.8 Å². The smallest absolute Gasteiger partial charge is 0.233 e. The third-order valence-corrected chi connectivity index (χ3v) is 4.63. The number of benzene rings is 1. The second-order valence-electron chi connectivity index (χ2n) is 4.86. The normalized spacial score (nSPS) is 23.9. The molecular weight excluding hydrogens is 294 g/mol. The molecule has 1 saturated heterocycles. The first-order chi connectivity index (χ1) is 8.43. The van der Waals surface area contributed by atoms with Crippen LogP contribution >= 0.6 is 15.9 Å². The number of imide groups is 1. The predicted molar refractivity (Wildman–Crippen MR) is 72.8 cm³/mol. The summed E-state index contributed by atoms with van der Waals surface area (Å²) >= 11 is 3.46. The summed E-state index contributed by atoms with van der Waals surface area (Å²) in [7, 11) is 0. The Balaban J connectivity index is 2.27. The lowest BCUT2D eigenvalue weighted by atomic mass is 10.00. The van der Waals surface area contributed by atoms with Crippen LogP contribution in [0.1, 0.15) is 25.0 Å². The van der Waals surface area contributed by atoms with Crippen LogP contribution < -0.4 is 0 Å². The van der Waals surface area contributed by atoms with Crippen molar-refractivity contribution in [1.82, 2.24) is 4.90 Å². The molecule has 0 unspecified atom stereocenters. The van der Waals surface area contributed by atoms with E-state index in [-0.39, 0.29) is 23.7 Å². The average molecular weight is 310 g/mol. The number of likely N-dealkylation sites (tertiary alicyclic amines) is 1. The maximum absolute atomic E-state index is 12.0. The highest BCUT2D eigenvalue weighted by molar-refractivity contribution is 9.10. The maximum Gasteiger partial charge on any atom is 0.233 e. The van der Waals surface area contributed by atoms with Gasteiger partial charge in [-0.05, 0) is 24.1 Å². The van der Waals surface area contributed by atoms with Gasteiger partial charge in [0.1, 0.15) is 0 Å². The summed E-state index contributed by atoms with van der Waals surface area (Å²) in [6.45, 7) is 5.99. The third-order valence-electron chi connectivity index (χ3n) is 3.77. The molecule has 2 atom stereocenters. The van der Waals surface area contributed by atoms with Crippen LogP contribution in [-0.2, 0) is 16.1 Å². The largest absolute Gasteiger partial charge is 0.278 e. The number of hydrogen-bond acceptors (Lipinski definition) is 2. The van der Waals surface area contributed by atoms with Gasteiger partial charge in [0.2, 0.25) is 11.8 Å². The number of amides is 2. The van der Waals surface area contributed by atoms with Crippen LogP contribution in [0.15, 0.2) is 22.7 Å². The van der Waals surface area contributed by atoms with Crippen LogP contribution in [0.3, 0.4) is 0 Å². The van der Waals surface area contributed by atoms with Gasteiger partial charge in [-0.1, -0.05) is 41.9 Å². The minimum Gasteiger partial charge on any atom is -0.278 e. The summed E-state index contributed by atoms with van der Waals surface area (Å²) in [5.41, 5.74) is 2.08. The fourth-order valence-electron chi connectivity index (χ4n) is 2.18. The van der Waals surface area contributed by atoms with Crippen molar-refractivity contribution in [3.05, 3.63) is 33.8 Å². The van der Waals surface area contributed by atoms with Crippen LogP contribution in [0.25, 0.3) is 0 Å². The van der Waals surface area contributed by atoms with Crippen LogP contribution in [0.5, 0.6) is 0 Å². The molecule has 0 spiro atoms. The Labute approximate surface area is 115 Å². The molecule has 1 aliphatic heterocycles. The van der Waals surface area contributed by atoms with E-state index in [0.717, 1.165) is 15.6 Å². The van der Waals surface area contributed by atoms with Crippen molar-refractivity contribution in [2.45, 2.75) is 27.3 Å². The number of nitrogens with zero attached hydrogens (tertiary/aromatic N) is 1. The van der Waals surface area contributed by atoms with E-state index in [4.69, 9.17) is 0 Å². The molecular formula is C14H16BrNO2. The number of carbonyl (C=O) groups excluding carboxylic acids is 2. The molecule has 4 heteroatoms. The summed E-state index contributed by atoms with van der Waals surface area (Å²) in [5.74, 6) is -0.534. The third kappa shape index (κ3) is 2.09. The van der Waals surface area contributed by atoms with Crippen molar-refractivity contribution < 1.29 is 9.59 Å². The van der Waals surface area contributed by atoms with Crippen LogP contribution in [0.2, 0.25) is 0 Å². The SMILES string of the molecule is Cc1c(Br)cccc1CN1C(=O)[C@@H](C)[C@@H](C)C1=O. The van der Waals surface area contributed by atoms with Crippen molar-refractivity contribution >= 4 is 27.7 Å². The highest BCUT2D eigenvalue weighted by Crippen LogP contribution is 2.28. The molecule has 1 aliphatic rings. The molecule has 0 aromatic heterocycles. The first kappa shape index (κ1) is 13.3. The van der Waals surface area contributed by atoms with Gasteiger partial charge in [0.25, 0.3) is 0 Å². The molecule has 0 N–H and O–H groups in total. The molecule has 1 aromatic rings. The summed E-state index contributed by atoms with van der Waals surface area (Å²) in [4.78, 5) is 25.4. The van der Waals surface area contributed by atoms with Gasteiger partial charge in [0.05, 0.1) is 6.54 Å². The Morgan fingerprint density at radius 3 is 2.28 bits per heavy atom. The molecule has 0 bridgehead atoms. The zero-order chi connectivity index (χ0) is 13.4. The molecule has 18 heavy (non-hydrogen) atoms. The van der Waals surface area contributed by atoms with Crippen LogP contribution in [0.4, 0.5) is 0 Å². The molecule has 0 saturated carbocycles. The van der Waals surface area contributed by atoms with E-state index in [0.29, 0.717) is 6.54 Å². The van der Waals surface area contributed by atoms with Gasteiger partial charge in [-0.25, -0.2) is 0 Å². The molecule has 1 aromatic carbocycles. The van der Waals surface area contributed by atoms with Gasteiger partial charge in [0.15, 0.2) is 0 Å². The summed E-state index contributed by atoms with van der Waals surface area (Å²) < 4.78 is 1.00. The Morgan fingerprint density at radius 2 is 1.72 bits per heavy atom. The maximum atomic E-state index is 12.0. The number of hydrogen-bond donors (Lipinski definition) is 0. The van der Waals surface area contributed by atoms with Crippen LogP contribution in [0, 0.1) is 18.8 Å². The Morgan fingerprint density at radius 1 is 1.17 bits per heavy atom. The summed E-state index contributed by atoms with van der Waals surface area (Å²) in [5, 5.41) is 0. The topological polar surface area (TPSA) is 37.4 Å². The van der Waals surface area contributed by atoms with E-state index >= 15 is 0 Å². The first-order valence-electron chi connectivity index (χ1n) is 6.02. The Hall–Kier alpha value is -1.16.